The zero-order chi connectivity index (χ0) is 12.6. The van der Waals surface area contributed by atoms with Gasteiger partial charge >= 0.3 is 0 Å². The molecule has 0 spiro atoms. The number of aryl methyl sites for hydroxylation is 1. The molecule has 0 aliphatic carbocycles. The SMILES string of the molecule is COc1cc2c(cc1C)O[C@@H]([C@H](C)O)C[C@H]2C. The minimum absolute atomic E-state index is 0.106. The van der Waals surface area contributed by atoms with Crippen LogP contribution in [-0.4, -0.2) is 24.4 Å². The highest BCUT2D eigenvalue weighted by atomic mass is 16.5. The second-order valence-corrected chi connectivity index (χ2v) is 4.89. The fraction of sp³-hybridized carbons (Fsp3) is 0.571. The zero-order valence-corrected chi connectivity index (χ0v) is 10.9. The first-order chi connectivity index (χ1) is 8.02. The summed E-state index contributed by atoms with van der Waals surface area (Å²) in [6.45, 7) is 5.93. The summed E-state index contributed by atoms with van der Waals surface area (Å²) in [5, 5.41) is 9.64. The molecule has 0 amide bonds. The third kappa shape index (κ3) is 2.25. The van der Waals surface area contributed by atoms with Crippen molar-refractivity contribution in [3.63, 3.8) is 0 Å². The van der Waals surface area contributed by atoms with Gasteiger partial charge in [0.25, 0.3) is 0 Å². The van der Waals surface area contributed by atoms with Crippen molar-refractivity contribution in [1.29, 1.82) is 0 Å². The summed E-state index contributed by atoms with van der Waals surface area (Å²) < 4.78 is 11.2. The Morgan fingerprint density at radius 1 is 1.47 bits per heavy atom. The molecule has 0 aromatic heterocycles. The molecule has 0 radical (unpaired) electrons. The Balaban J connectivity index is 2.38. The molecule has 3 nitrogen and oxygen atoms in total. The Labute approximate surface area is 102 Å². The van der Waals surface area contributed by atoms with Crippen LogP contribution < -0.4 is 9.47 Å². The van der Waals surface area contributed by atoms with Crippen LogP contribution in [-0.2, 0) is 0 Å². The standard InChI is InChI=1S/C14H20O3/c1-8-5-13(10(3)15)17-14-6-9(2)12(16-4)7-11(8)14/h6-8,10,13,15H,5H2,1-4H3/t8-,10+,13-/m1/s1. The lowest BCUT2D eigenvalue weighted by Crippen LogP contribution is -2.34. The maximum absolute atomic E-state index is 9.64. The van der Waals surface area contributed by atoms with Crippen molar-refractivity contribution < 1.29 is 14.6 Å². The number of benzene rings is 1. The monoisotopic (exact) mass is 236 g/mol. The molecule has 94 valence electrons. The van der Waals surface area contributed by atoms with Crippen LogP contribution in [0, 0.1) is 6.92 Å². The van der Waals surface area contributed by atoms with Gasteiger partial charge in [-0.15, -0.1) is 0 Å². The molecular formula is C14H20O3. The van der Waals surface area contributed by atoms with Gasteiger partial charge in [0, 0.05) is 5.56 Å². The van der Waals surface area contributed by atoms with Crippen LogP contribution in [0.5, 0.6) is 11.5 Å². The topological polar surface area (TPSA) is 38.7 Å². The fourth-order valence-corrected chi connectivity index (χ4v) is 2.37. The highest BCUT2D eigenvalue weighted by Gasteiger charge is 2.29. The van der Waals surface area contributed by atoms with E-state index in [0.29, 0.717) is 5.92 Å². The predicted molar refractivity (Wildman–Crippen MR) is 66.9 cm³/mol. The lowest BCUT2D eigenvalue weighted by Gasteiger charge is -2.32. The predicted octanol–water partition coefficient (Wildman–Crippen LogP) is 2.64. The summed E-state index contributed by atoms with van der Waals surface area (Å²) in [5.41, 5.74) is 2.23. The molecule has 1 aromatic carbocycles. The molecule has 0 saturated heterocycles. The van der Waals surface area contributed by atoms with Crippen LogP contribution in [0.4, 0.5) is 0 Å². The van der Waals surface area contributed by atoms with Crippen LogP contribution in [0.15, 0.2) is 12.1 Å². The second-order valence-electron chi connectivity index (χ2n) is 4.89. The van der Waals surface area contributed by atoms with Crippen molar-refractivity contribution in [2.24, 2.45) is 0 Å². The van der Waals surface area contributed by atoms with E-state index in [1.807, 2.05) is 19.1 Å². The molecule has 0 bridgehead atoms. The number of hydrogen-bond acceptors (Lipinski definition) is 3. The number of aliphatic hydroxyl groups is 1. The summed E-state index contributed by atoms with van der Waals surface area (Å²) in [6.07, 6.45) is 0.301. The van der Waals surface area contributed by atoms with E-state index in [0.717, 1.165) is 23.5 Å². The molecule has 1 aliphatic rings. The second kappa shape index (κ2) is 4.57. The largest absolute Gasteiger partial charge is 0.496 e. The third-order valence-corrected chi connectivity index (χ3v) is 3.46. The van der Waals surface area contributed by atoms with Crippen molar-refractivity contribution in [2.45, 2.75) is 45.3 Å². The Hall–Kier alpha value is -1.22. The lowest BCUT2D eigenvalue weighted by atomic mass is 9.89. The van der Waals surface area contributed by atoms with E-state index in [1.165, 1.54) is 5.56 Å². The fourth-order valence-electron chi connectivity index (χ4n) is 2.37. The number of aliphatic hydroxyl groups excluding tert-OH is 1. The maximum atomic E-state index is 9.64. The average molecular weight is 236 g/mol. The van der Waals surface area contributed by atoms with Crippen molar-refractivity contribution >= 4 is 0 Å². The van der Waals surface area contributed by atoms with Gasteiger partial charge in [-0.05, 0) is 43.9 Å². The van der Waals surface area contributed by atoms with Crippen LogP contribution in [0.25, 0.3) is 0 Å². The molecule has 1 N–H and O–H groups in total. The first-order valence-electron chi connectivity index (χ1n) is 6.06. The molecule has 0 unspecified atom stereocenters. The quantitative estimate of drug-likeness (QED) is 0.858. The average Bonchev–Trinajstić information content (AvgIpc) is 2.27. The van der Waals surface area contributed by atoms with Gasteiger partial charge in [-0.25, -0.2) is 0 Å². The molecule has 3 heteroatoms. The van der Waals surface area contributed by atoms with E-state index in [4.69, 9.17) is 9.47 Å². The number of rotatable bonds is 2. The van der Waals surface area contributed by atoms with E-state index in [2.05, 4.69) is 6.92 Å². The molecule has 3 atom stereocenters. The van der Waals surface area contributed by atoms with Crippen molar-refractivity contribution in [2.75, 3.05) is 7.11 Å². The highest BCUT2D eigenvalue weighted by molar-refractivity contribution is 5.48. The van der Waals surface area contributed by atoms with Gasteiger partial charge in [0.15, 0.2) is 0 Å². The zero-order valence-electron chi connectivity index (χ0n) is 10.9. The summed E-state index contributed by atoms with van der Waals surface area (Å²) in [6, 6.07) is 4.05. The van der Waals surface area contributed by atoms with Crippen molar-refractivity contribution in [3.05, 3.63) is 23.3 Å². The van der Waals surface area contributed by atoms with Gasteiger partial charge in [-0.3, -0.25) is 0 Å². The van der Waals surface area contributed by atoms with Gasteiger partial charge < -0.3 is 14.6 Å². The van der Waals surface area contributed by atoms with E-state index < -0.39 is 6.10 Å². The molecule has 0 saturated carbocycles. The summed E-state index contributed by atoms with van der Waals surface area (Å²) >= 11 is 0. The van der Waals surface area contributed by atoms with E-state index in [-0.39, 0.29) is 6.10 Å². The molecule has 1 aromatic rings. The van der Waals surface area contributed by atoms with Crippen LogP contribution in [0.2, 0.25) is 0 Å². The van der Waals surface area contributed by atoms with E-state index in [1.54, 1.807) is 14.0 Å². The van der Waals surface area contributed by atoms with Crippen molar-refractivity contribution in [3.8, 4) is 11.5 Å². The molecule has 17 heavy (non-hydrogen) atoms. The van der Waals surface area contributed by atoms with Gasteiger partial charge in [0.05, 0.1) is 13.2 Å². The van der Waals surface area contributed by atoms with Gasteiger partial charge in [-0.2, -0.15) is 0 Å². The maximum Gasteiger partial charge on any atom is 0.125 e. The first-order valence-corrected chi connectivity index (χ1v) is 6.06. The van der Waals surface area contributed by atoms with Crippen LogP contribution >= 0.6 is 0 Å². The van der Waals surface area contributed by atoms with Gasteiger partial charge in [0.2, 0.25) is 0 Å². The van der Waals surface area contributed by atoms with E-state index >= 15 is 0 Å². The smallest absolute Gasteiger partial charge is 0.125 e. The molecule has 2 rings (SSSR count). The molecular weight excluding hydrogens is 216 g/mol. The lowest BCUT2D eigenvalue weighted by molar-refractivity contribution is 0.0301. The minimum atomic E-state index is -0.437. The minimum Gasteiger partial charge on any atom is -0.496 e. The van der Waals surface area contributed by atoms with Gasteiger partial charge in [-0.1, -0.05) is 6.92 Å². The first kappa shape index (κ1) is 12.2. The molecule has 1 aliphatic heterocycles. The van der Waals surface area contributed by atoms with Gasteiger partial charge in [0.1, 0.15) is 17.6 Å². The molecule has 0 fully saturated rings. The van der Waals surface area contributed by atoms with Crippen LogP contribution in [0.1, 0.15) is 37.3 Å². The summed E-state index contributed by atoms with van der Waals surface area (Å²) in [7, 11) is 1.68. The number of fused-ring (bicyclic) bond motifs is 1. The number of methoxy groups -OCH3 is 1. The number of ether oxygens (including phenoxy) is 2. The number of hydrogen-bond donors (Lipinski definition) is 1. The Morgan fingerprint density at radius 2 is 2.18 bits per heavy atom. The Morgan fingerprint density at radius 3 is 2.76 bits per heavy atom. The van der Waals surface area contributed by atoms with Crippen LogP contribution in [0.3, 0.4) is 0 Å². The van der Waals surface area contributed by atoms with Crippen molar-refractivity contribution in [1.82, 2.24) is 0 Å². The summed E-state index contributed by atoms with van der Waals surface area (Å²) in [5.74, 6) is 2.16. The highest BCUT2D eigenvalue weighted by Crippen LogP contribution is 2.40. The normalized spacial score (nSPS) is 24.8. The summed E-state index contributed by atoms with van der Waals surface area (Å²) in [4.78, 5) is 0. The van der Waals surface area contributed by atoms with E-state index in [9.17, 15) is 5.11 Å². The third-order valence-electron chi connectivity index (χ3n) is 3.46. The Bertz CT molecular complexity index is 412. The molecule has 1 heterocycles. The Kier molecular flexibility index (Phi) is 3.29.